The molecule has 1 N–H and O–H groups in total. The second-order valence-corrected chi connectivity index (χ2v) is 10.00. The predicted octanol–water partition coefficient (Wildman–Crippen LogP) is 5.99. The van der Waals surface area contributed by atoms with Crippen molar-refractivity contribution in [2.45, 2.75) is 33.7 Å². The third-order valence-electron chi connectivity index (χ3n) is 6.46. The van der Waals surface area contributed by atoms with E-state index in [1.165, 1.54) is 12.1 Å². The molecule has 37 heavy (non-hydrogen) atoms. The number of H-pyrrole nitrogens is 1. The van der Waals surface area contributed by atoms with E-state index in [9.17, 15) is 14.0 Å². The lowest BCUT2D eigenvalue weighted by Gasteiger charge is -2.29. The number of fused-ring (bicyclic) bond motifs is 1. The summed E-state index contributed by atoms with van der Waals surface area (Å²) in [7, 11) is 0. The number of aromatic nitrogens is 1. The Kier molecular flexibility index (Phi) is 8.39. The van der Waals surface area contributed by atoms with Crippen molar-refractivity contribution in [3.05, 3.63) is 107 Å². The molecular formula is C31H34FN3O2. The van der Waals surface area contributed by atoms with Crippen LogP contribution in [0.2, 0.25) is 0 Å². The third kappa shape index (κ3) is 6.85. The van der Waals surface area contributed by atoms with E-state index in [0.29, 0.717) is 31.6 Å². The van der Waals surface area contributed by atoms with Crippen molar-refractivity contribution in [3.8, 4) is 0 Å². The minimum Gasteiger partial charge on any atom is -0.361 e. The molecular weight excluding hydrogens is 465 g/mol. The zero-order valence-corrected chi connectivity index (χ0v) is 21.7. The number of hydrogen-bond donors (Lipinski definition) is 1. The van der Waals surface area contributed by atoms with Crippen LogP contribution in [0.3, 0.4) is 0 Å². The molecule has 1 aromatic heterocycles. The van der Waals surface area contributed by atoms with Crippen LogP contribution >= 0.6 is 0 Å². The number of carbonyl (C=O) groups excluding carboxylic acids is 2. The van der Waals surface area contributed by atoms with Crippen molar-refractivity contribution >= 4 is 22.7 Å². The summed E-state index contributed by atoms with van der Waals surface area (Å²) in [6.07, 6.45) is 2.64. The van der Waals surface area contributed by atoms with E-state index >= 15 is 0 Å². The Morgan fingerprint density at radius 1 is 0.919 bits per heavy atom. The molecule has 0 atom stereocenters. The fourth-order valence-electron chi connectivity index (χ4n) is 4.50. The second-order valence-electron chi connectivity index (χ2n) is 10.00. The van der Waals surface area contributed by atoms with Gasteiger partial charge in [0.2, 0.25) is 5.91 Å². The molecule has 0 saturated heterocycles. The van der Waals surface area contributed by atoms with E-state index in [1.54, 1.807) is 21.9 Å². The molecule has 0 bridgehead atoms. The molecule has 0 fully saturated rings. The van der Waals surface area contributed by atoms with Gasteiger partial charge in [0, 0.05) is 42.3 Å². The maximum atomic E-state index is 13.7. The molecule has 2 amide bonds. The molecule has 4 aromatic rings. The lowest BCUT2D eigenvalue weighted by Crippen LogP contribution is -2.44. The number of carbonyl (C=O) groups is 2. The summed E-state index contributed by atoms with van der Waals surface area (Å²) in [4.78, 5) is 33.7. The van der Waals surface area contributed by atoms with Gasteiger partial charge in [-0.15, -0.1) is 0 Å². The van der Waals surface area contributed by atoms with Crippen molar-refractivity contribution in [3.63, 3.8) is 0 Å². The largest absolute Gasteiger partial charge is 0.361 e. The van der Waals surface area contributed by atoms with Crippen LogP contribution in [-0.2, 0) is 17.8 Å². The zero-order chi connectivity index (χ0) is 26.4. The van der Waals surface area contributed by atoms with Crippen LogP contribution in [-0.4, -0.2) is 46.2 Å². The molecule has 5 nitrogen and oxygen atoms in total. The number of para-hydroxylation sites is 1. The summed E-state index contributed by atoms with van der Waals surface area (Å²) in [6, 6.07) is 21.7. The third-order valence-corrected chi connectivity index (χ3v) is 6.46. The highest BCUT2D eigenvalue weighted by atomic mass is 19.1. The summed E-state index contributed by atoms with van der Waals surface area (Å²) >= 11 is 0. The quantitative estimate of drug-likeness (QED) is 0.292. The number of nitrogens with one attached hydrogen (secondary N) is 1. The second kappa shape index (κ2) is 11.9. The number of nitrogens with zero attached hydrogens (tertiary/aromatic N) is 2. The Balaban J connectivity index is 1.55. The summed E-state index contributed by atoms with van der Waals surface area (Å²) in [6.45, 7) is 7.33. The van der Waals surface area contributed by atoms with Gasteiger partial charge in [-0.1, -0.05) is 61.9 Å². The van der Waals surface area contributed by atoms with E-state index in [1.807, 2.05) is 69.4 Å². The number of hydrogen-bond acceptors (Lipinski definition) is 2. The number of aryl methyl sites for hydroxylation is 1. The SMILES string of the molecule is Cc1ccc(C(=O)N(CC(=O)N(CCc2c[nH]c3ccccc23)Cc2ccc(F)cc2)CC(C)C)cc1. The summed E-state index contributed by atoms with van der Waals surface area (Å²) in [5, 5.41) is 1.13. The van der Waals surface area contributed by atoms with Crippen LogP contribution in [0.1, 0.15) is 40.9 Å². The van der Waals surface area contributed by atoms with Gasteiger partial charge in [0.15, 0.2) is 0 Å². The summed E-state index contributed by atoms with van der Waals surface area (Å²) < 4.78 is 13.5. The Hall–Kier alpha value is -3.93. The Morgan fingerprint density at radius 3 is 2.32 bits per heavy atom. The molecule has 192 valence electrons. The van der Waals surface area contributed by atoms with E-state index in [2.05, 4.69) is 11.1 Å². The fraction of sp³-hybridized carbons (Fsp3) is 0.290. The first-order valence-electron chi connectivity index (χ1n) is 12.7. The van der Waals surface area contributed by atoms with Gasteiger partial charge in [-0.2, -0.15) is 0 Å². The molecule has 0 aliphatic carbocycles. The van der Waals surface area contributed by atoms with Crippen LogP contribution < -0.4 is 0 Å². The van der Waals surface area contributed by atoms with E-state index in [0.717, 1.165) is 27.6 Å². The Bertz CT molecular complexity index is 1340. The van der Waals surface area contributed by atoms with Gasteiger partial charge in [-0.3, -0.25) is 9.59 Å². The van der Waals surface area contributed by atoms with Crippen molar-refractivity contribution in [1.29, 1.82) is 0 Å². The fourth-order valence-corrected chi connectivity index (χ4v) is 4.50. The predicted molar refractivity (Wildman–Crippen MR) is 146 cm³/mol. The molecule has 4 rings (SSSR count). The monoisotopic (exact) mass is 499 g/mol. The average Bonchev–Trinajstić information content (AvgIpc) is 3.30. The minimum absolute atomic E-state index is 0.0139. The molecule has 0 aliphatic heterocycles. The molecule has 0 unspecified atom stereocenters. The normalized spacial score (nSPS) is 11.2. The maximum absolute atomic E-state index is 13.7. The first kappa shape index (κ1) is 26.1. The molecule has 6 heteroatoms. The van der Waals surface area contributed by atoms with Crippen LogP contribution in [0, 0.1) is 18.7 Å². The first-order valence-corrected chi connectivity index (χ1v) is 12.7. The number of amides is 2. The standard InChI is InChI=1S/C31H34FN3O2/c1-22(2)19-35(31(37)25-12-8-23(3)9-13-25)21-30(36)34(20-24-10-14-27(32)15-11-24)17-16-26-18-33-29-7-5-4-6-28(26)29/h4-15,18,22,33H,16-17,19-21H2,1-3H3. The van der Waals surface area contributed by atoms with Gasteiger partial charge < -0.3 is 14.8 Å². The number of aromatic amines is 1. The van der Waals surface area contributed by atoms with E-state index < -0.39 is 0 Å². The van der Waals surface area contributed by atoms with E-state index in [-0.39, 0.29) is 30.1 Å². The molecule has 1 heterocycles. The maximum Gasteiger partial charge on any atom is 0.254 e. The van der Waals surface area contributed by atoms with Crippen LogP contribution in [0.5, 0.6) is 0 Å². The van der Waals surface area contributed by atoms with Gasteiger partial charge in [0.05, 0.1) is 0 Å². The summed E-state index contributed by atoms with van der Waals surface area (Å²) in [5.41, 5.74) is 4.67. The number of rotatable bonds is 10. The lowest BCUT2D eigenvalue weighted by molar-refractivity contribution is -0.132. The minimum atomic E-state index is -0.313. The molecule has 0 aliphatic rings. The zero-order valence-electron chi connectivity index (χ0n) is 21.7. The van der Waals surface area contributed by atoms with Crippen molar-refractivity contribution in [2.24, 2.45) is 5.92 Å². The average molecular weight is 500 g/mol. The molecule has 0 radical (unpaired) electrons. The van der Waals surface area contributed by atoms with Crippen LogP contribution in [0.4, 0.5) is 4.39 Å². The Morgan fingerprint density at radius 2 is 1.62 bits per heavy atom. The van der Waals surface area contributed by atoms with Crippen molar-refractivity contribution in [2.75, 3.05) is 19.6 Å². The van der Waals surface area contributed by atoms with Gasteiger partial charge >= 0.3 is 0 Å². The molecule has 3 aromatic carbocycles. The molecule has 0 spiro atoms. The van der Waals surface area contributed by atoms with Crippen molar-refractivity contribution < 1.29 is 14.0 Å². The topological polar surface area (TPSA) is 56.4 Å². The van der Waals surface area contributed by atoms with Crippen molar-refractivity contribution in [1.82, 2.24) is 14.8 Å². The highest BCUT2D eigenvalue weighted by Crippen LogP contribution is 2.19. The highest BCUT2D eigenvalue weighted by Gasteiger charge is 2.23. The summed E-state index contributed by atoms with van der Waals surface area (Å²) in [5.74, 6) is -0.392. The number of halogens is 1. The first-order chi connectivity index (χ1) is 17.8. The van der Waals surface area contributed by atoms with E-state index in [4.69, 9.17) is 0 Å². The van der Waals surface area contributed by atoms with Gasteiger partial charge in [-0.05, 0) is 60.7 Å². The highest BCUT2D eigenvalue weighted by molar-refractivity contribution is 5.96. The van der Waals surface area contributed by atoms with Gasteiger partial charge in [0.1, 0.15) is 12.4 Å². The van der Waals surface area contributed by atoms with Gasteiger partial charge in [-0.25, -0.2) is 4.39 Å². The number of benzene rings is 3. The van der Waals surface area contributed by atoms with Gasteiger partial charge in [0.25, 0.3) is 5.91 Å². The lowest BCUT2D eigenvalue weighted by atomic mass is 10.1. The molecule has 0 saturated carbocycles. The van der Waals surface area contributed by atoms with Crippen LogP contribution in [0.25, 0.3) is 10.9 Å². The van der Waals surface area contributed by atoms with Crippen LogP contribution in [0.15, 0.2) is 79.0 Å². The smallest absolute Gasteiger partial charge is 0.254 e. The Labute approximate surface area is 217 Å².